The van der Waals surface area contributed by atoms with Gasteiger partial charge in [0.25, 0.3) is 0 Å². The molecule has 0 aliphatic carbocycles. The van der Waals surface area contributed by atoms with E-state index in [4.69, 9.17) is 0 Å². The predicted octanol–water partition coefficient (Wildman–Crippen LogP) is 14.0. The molecule has 0 fully saturated rings. The fourth-order valence-corrected chi connectivity index (χ4v) is 5.68. The van der Waals surface area contributed by atoms with Crippen LogP contribution in [0.4, 0.5) is 0 Å². The smallest absolute Gasteiger partial charge is 0.0780 e. The highest BCUT2D eigenvalue weighted by molar-refractivity contribution is 4.51. The van der Waals surface area contributed by atoms with Crippen molar-refractivity contribution in [1.82, 2.24) is 0 Å². The molecule has 1 radical (unpaired) electrons. The normalized spacial score (nSPS) is 11.6. The molecule has 0 atom stereocenters. The van der Waals surface area contributed by atoms with Gasteiger partial charge in [-0.2, -0.15) is 0 Å². The molecule has 0 N–H and O–H groups in total. The molecule has 0 rings (SSSR count). The number of nitrogens with zero attached hydrogens (tertiary/aromatic N) is 1. The Morgan fingerprint density at radius 1 is 0.300 bits per heavy atom. The van der Waals surface area contributed by atoms with Crippen molar-refractivity contribution in [1.29, 1.82) is 0 Å². The minimum absolute atomic E-state index is 1.12. The van der Waals surface area contributed by atoms with Crippen LogP contribution in [0.2, 0.25) is 0 Å². The van der Waals surface area contributed by atoms with Crippen molar-refractivity contribution < 1.29 is 4.48 Å². The summed E-state index contributed by atoms with van der Waals surface area (Å²) in [6.45, 7) is 9.80. The summed E-state index contributed by atoms with van der Waals surface area (Å²) in [5.74, 6) is 0. The van der Waals surface area contributed by atoms with Crippen LogP contribution < -0.4 is 0 Å². The van der Waals surface area contributed by atoms with Crippen LogP contribution in [0.1, 0.15) is 219 Å². The highest BCUT2D eigenvalue weighted by Gasteiger charge is 2.05. The number of hydrogen-bond donors (Lipinski definition) is 0. The zero-order chi connectivity index (χ0) is 29.8. The zero-order valence-electron chi connectivity index (χ0n) is 29.5. The van der Waals surface area contributed by atoms with E-state index in [1.165, 1.54) is 206 Å². The van der Waals surface area contributed by atoms with E-state index in [0.29, 0.717) is 0 Å². The van der Waals surface area contributed by atoms with E-state index in [2.05, 4.69) is 41.9 Å². The second-order valence-electron chi connectivity index (χ2n) is 14.1. The van der Waals surface area contributed by atoms with E-state index in [1.54, 1.807) is 0 Å². The van der Waals surface area contributed by atoms with Gasteiger partial charge in [-0.3, -0.25) is 0 Å². The summed E-state index contributed by atoms with van der Waals surface area (Å²) in [6, 6.07) is 0. The maximum absolute atomic E-state index is 3.88. The number of unbranched alkanes of at least 4 members (excludes halogenated alkanes) is 30. The van der Waals surface area contributed by atoms with Crippen LogP contribution in [-0.4, -0.2) is 32.2 Å². The molecule has 243 valence electrons. The second kappa shape index (κ2) is 37.0. The number of hydrogen-bond acceptors (Lipinski definition) is 0. The Labute approximate surface area is 258 Å². The highest BCUT2D eigenvalue weighted by Crippen LogP contribution is 2.15. The largest absolute Gasteiger partial charge is 0.331 e. The molecular weight excluding hydrogens is 482 g/mol. The number of quaternary nitrogens is 1. The van der Waals surface area contributed by atoms with Gasteiger partial charge in [0.2, 0.25) is 0 Å². The quantitative estimate of drug-likeness (QED) is 0.0562. The highest BCUT2D eigenvalue weighted by atomic mass is 15.3. The monoisotopic (exact) mass is 566 g/mol. The van der Waals surface area contributed by atoms with Gasteiger partial charge in [0.15, 0.2) is 0 Å². The van der Waals surface area contributed by atoms with Crippen molar-refractivity contribution >= 4 is 0 Å². The molecule has 0 heterocycles. The molecule has 0 aliphatic rings. The lowest BCUT2D eigenvalue weighted by Gasteiger charge is -2.23. The molecule has 0 amide bonds. The summed E-state index contributed by atoms with van der Waals surface area (Å²) >= 11 is 0. The molecule has 0 bridgehead atoms. The Morgan fingerprint density at radius 3 is 0.700 bits per heavy atom. The van der Waals surface area contributed by atoms with Gasteiger partial charge in [0.1, 0.15) is 0 Å². The zero-order valence-corrected chi connectivity index (χ0v) is 29.5. The third-order valence-electron chi connectivity index (χ3n) is 8.54. The first kappa shape index (κ1) is 42.1. The van der Waals surface area contributed by atoms with Gasteiger partial charge in [0, 0.05) is 0 Å². The van der Waals surface area contributed by atoms with E-state index in [0.717, 1.165) is 10.9 Å². The molecule has 0 aliphatic heterocycles. The van der Waals surface area contributed by atoms with Crippen molar-refractivity contribution in [2.24, 2.45) is 0 Å². The Bertz CT molecular complexity index is 393. The Balaban J connectivity index is 0. The maximum Gasteiger partial charge on any atom is 0.0780 e. The Kier molecular flexibility index (Phi) is 38.9. The average Bonchev–Trinajstić information content (AvgIpc) is 2.93. The molecule has 0 aromatic rings. The summed E-state index contributed by atoms with van der Waals surface area (Å²) in [5.41, 5.74) is 0. The first-order valence-corrected chi connectivity index (χ1v) is 19.1. The first-order chi connectivity index (χ1) is 19.5. The Hall–Kier alpha value is -0.0400. The van der Waals surface area contributed by atoms with Gasteiger partial charge in [-0.15, -0.1) is 0 Å². The fourth-order valence-electron chi connectivity index (χ4n) is 5.68. The molecule has 40 heavy (non-hydrogen) atoms. The van der Waals surface area contributed by atoms with Gasteiger partial charge >= 0.3 is 0 Å². The fraction of sp³-hybridized carbons (Fsp3) is 0.974. The average molecular weight is 566 g/mol. The van der Waals surface area contributed by atoms with E-state index in [1.807, 2.05) is 0 Å². The van der Waals surface area contributed by atoms with Gasteiger partial charge in [-0.1, -0.05) is 213 Å². The van der Waals surface area contributed by atoms with E-state index >= 15 is 0 Å². The second-order valence-corrected chi connectivity index (χ2v) is 14.1. The van der Waals surface area contributed by atoms with Crippen LogP contribution in [0.3, 0.4) is 0 Å². The standard InChI is InChI=1S/C21H46N.C18H37/c1-5-6-7-8-9-10-11-12-13-14-15-16-17-18-19-20-21-22(2,3)4;1-3-5-7-9-11-13-15-17-18-16-14-12-10-8-6-4-2/h5-21H2,1-4H3;1,3-18H2,2H3/q+1;. The van der Waals surface area contributed by atoms with Crippen molar-refractivity contribution in [2.45, 2.75) is 219 Å². The van der Waals surface area contributed by atoms with Crippen molar-refractivity contribution in [3.63, 3.8) is 0 Å². The summed E-state index contributed by atoms with van der Waals surface area (Å²) in [7, 11) is 6.89. The summed E-state index contributed by atoms with van der Waals surface area (Å²) in [6.07, 6.45) is 46.2. The van der Waals surface area contributed by atoms with Crippen LogP contribution in [0.25, 0.3) is 0 Å². The van der Waals surface area contributed by atoms with Crippen molar-refractivity contribution in [3.05, 3.63) is 6.92 Å². The summed E-state index contributed by atoms with van der Waals surface area (Å²) < 4.78 is 1.12. The number of rotatable bonds is 32. The third-order valence-corrected chi connectivity index (χ3v) is 8.54. The molecule has 1 heteroatoms. The third kappa shape index (κ3) is 45.0. The molecule has 0 saturated carbocycles. The van der Waals surface area contributed by atoms with Gasteiger partial charge < -0.3 is 4.48 Å². The molecule has 0 saturated heterocycles. The topological polar surface area (TPSA) is 0 Å². The first-order valence-electron chi connectivity index (χ1n) is 19.1. The van der Waals surface area contributed by atoms with Crippen LogP contribution in [0.5, 0.6) is 0 Å². The molecule has 1 nitrogen and oxygen atoms in total. The predicted molar refractivity (Wildman–Crippen MR) is 187 cm³/mol. The van der Waals surface area contributed by atoms with Crippen LogP contribution in [-0.2, 0) is 0 Å². The lowest BCUT2D eigenvalue weighted by molar-refractivity contribution is -0.870. The minimum atomic E-state index is 1.12. The molecular formula is C39H83N+. The SMILES string of the molecule is CCCCCCCCCCCCCCCCCC[N+](C)(C)C.[CH2]CCCCCCCCCCCCCCCCC. The maximum atomic E-state index is 3.88. The minimum Gasteiger partial charge on any atom is -0.331 e. The lowest BCUT2D eigenvalue weighted by Crippen LogP contribution is -2.35. The van der Waals surface area contributed by atoms with Crippen LogP contribution in [0, 0.1) is 6.92 Å². The molecule has 0 unspecified atom stereocenters. The summed E-state index contributed by atoms with van der Waals surface area (Å²) in [4.78, 5) is 0. The lowest BCUT2D eigenvalue weighted by atomic mass is 10.0. The summed E-state index contributed by atoms with van der Waals surface area (Å²) in [5, 5.41) is 0. The Morgan fingerprint density at radius 2 is 0.500 bits per heavy atom. The molecule has 0 spiro atoms. The van der Waals surface area contributed by atoms with Gasteiger partial charge in [-0.25, -0.2) is 0 Å². The van der Waals surface area contributed by atoms with Gasteiger partial charge in [0.05, 0.1) is 27.7 Å². The van der Waals surface area contributed by atoms with Crippen molar-refractivity contribution in [2.75, 3.05) is 27.7 Å². The van der Waals surface area contributed by atoms with Crippen molar-refractivity contribution in [3.8, 4) is 0 Å². The van der Waals surface area contributed by atoms with E-state index in [9.17, 15) is 0 Å². The molecule has 0 aromatic heterocycles. The molecule has 0 aromatic carbocycles. The van der Waals surface area contributed by atoms with E-state index < -0.39 is 0 Å². The van der Waals surface area contributed by atoms with Crippen LogP contribution in [0.15, 0.2) is 0 Å². The van der Waals surface area contributed by atoms with Crippen LogP contribution >= 0.6 is 0 Å². The van der Waals surface area contributed by atoms with Gasteiger partial charge in [-0.05, 0) is 12.8 Å². The van der Waals surface area contributed by atoms with E-state index in [-0.39, 0.29) is 0 Å².